The fourth-order valence-electron chi connectivity index (χ4n) is 5.51. The van der Waals surface area contributed by atoms with Gasteiger partial charge in [-0.2, -0.15) is 5.26 Å². The van der Waals surface area contributed by atoms with Crippen molar-refractivity contribution in [3.05, 3.63) is 90.0 Å². The quantitative estimate of drug-likeness (QED) is 0.585. The van der Waals surface area contributed by atoms with Crippen LogP contribution in [0.5, 0.6) is 0 Å². The first-order chi connectivity index (χ1) is 17.2. The van der Waals surface area contributed by atoms with Crippen LogP contribution in [0.2, 0.25) is 0 Å². The van der Waals surface area contributed by atoms with Crippen LogP contribution < -0.4 is 5.32 Å². The Labute approximate surface area is 206 Å². The van der Waals surface area contributed by atoms with E-state index in [9.17, 15) is 15.2 Å². The number of benzene rings is 3. The molecule has 2 heterocycles. The van der Waals surface area contributed by atoms with Gasteiger partial charge in [0, 0.05) is 36.8 Å². The van der Waals surface area contributed by atoms with Crippen molar-refractivity contribution in [3.63, 3.8) is 0 Å². The van der Waals surface area contributed by atoms with Gasteiger partial charge in [-0.25, -0.2) is 4.79 Å². The van der Waals surface area contributed by atoms with Crippen molar-refractivity contribution >= 4 is 11.7 Å². The zero-order chi connectivity index (χ0) is 24.2. The lowest BCUT2D eigenvalue weighted by Crippen LogP contribution is -2.68. The summed E-state index contributed by atoms with van der Waals surface area (Å²) >= 11 is 0. The minimum atomic E-state index is -0.0722. The summed E-state index contributed by atoms with van der Waals surface area (Å²) in [6.07, 6.45) is 1.95. The van der Waals surface area contributed by atoms with Gasteiger partial charge in [-0.05, 0) is 60.3 Å². The third kappa shape index (κ3) is 4.79. The third-order valence-electron chi connectivity index (χ3n) is 7.30. The van der Waals surface area contributed by atoms with E-state index in [1.807, 2.05) is 53.4 Å². The fraction of sp³-hybridized carbons (Fsp3) is 0.310. The van der Waals surface area contributed by atoms with Crippen LogP contribution in [-0.4, -0.2) is 59.3 Å². The fourth-order valence-corrected chi connectivity index (χ4v) is 5.51. The monoisotopic (exact) mass is 466 g/mol. The number of para-hydroxylation sites is 1. The Hall–Kier alpha value is -3.66. The number of carbonyl (C=O) groups excluding carboxylic acids is 1. The smallest absolute Gasteiger partial charge is 0.321 e. The van der Waals surface area contributed by atoms with Gasteiger partial charge >= 0.3 is 6.03 Å². The maximum Gasteiger partial charge on any atom is 0.321 e. The molecule has 0 spiro atoms. The van der Waals surface area contributed by atoms with Crippen LogP contribution in [0.25, 0.3) is 11.1 Å². The number of carbonyl (C=O) groups is 1. The van der Waals surface area contributed by atoms with E-state index in [1.165, 1.54) is 5.56 Å². The van der Waals surface area contributed by atoms with E-state index in [0.717, 1.165) is 42.7 Å². The van der Waals surface area contributed by atoms with E-state index >= 15 is 0 Å². The van der Waals surface area contributed by atoms with E-state index in [2.05, 4.69) is 40.6 Å². The van der Waals surface area contributed by atoms with Crippen LogP contribution in [0.4, 0.5) is 10.5 Å². The molecular weight excluding hydrogens is 436 g/mol. The van der Waals surface area contributed by atoms with Gasteiger partial charge in [-0.1, -0.05) is 54.6 Å². The molecule has 0 saturated carbocycles. The highest BCUT2D eigenvalue weighted by atomic mass is 16.3. The second kappa shape index (κ2) is 10.3. The molecule has 35 heavy (non-hydrogen) atoms. The summed E-state index contributed by atoms with van der Waals surface area (Å²) in [6.45, 7) is 2.41. The topological polar surface area (TPSA) is 79.6 Å². The number of urea groups is 1. The number of aliphatic hydroxyl groups excluding tert-OH is 1. The molecule has 2 amide bonds. The number of nitriles is 1. The summed E-state index contributed by atoms with van der Waals surface area (Å²) < 4.78 is 0. The molecule has 3 atom stereocenters. The summed E-state index contributed by atoms with van der Waals surface area (Å²) in [5, 5.41) is 22.5. The van der Waals surface area contributed by atoms with Gasteiger partial charge in [0.2, 0.25) is 0 Å². The van der Waals surface area contributed by atoms with Gasteiger partial charge in [0.25, 0.3) is 0 Å². The Balaban J connectivity index is 1.35. The average Bonchev–Trinajstić information content (AvgIpc) is 2.88. The Morgan fingerprint density at radius 1 is 0.971 bits per heavy atom. The number of rotatable bonds is 4. The van der Waals surface area contributed by atoms with E-state index in [4.69, 9.17) is 0 Å². The summed E-state index contributed by atoms with van der Waals surface area (Å²) in [7, 11) is 0. The maximum atomic E-state index is 13.1. The average molecular weight is 467 g/mol. The molecule has 0 unspecified atom stereocenters. The van der Waals surface area contributed by atoms with Gasteiger partial charge in [0.1, 0.15) is 0 Å². The van der Waals surface area contributed by atoms with Crippen LogP contribution >= 0.6 is 0 Å². The molecule has 3 aromatic rings. The Morgan fingerprint density at radius 2 is 1.74 bits per heavy atom. The number of nitrogens with one attached hydrogen (secondary N) is 1. The molecule has 178 valence electrons. The number of amides is 2. The van der Waals surface area contributed by atoms with Crippen molar-refractivity contribution in [1.82, 2.24) is 9.80 Å². The van der Waals surface area contributed by atoms with Crippen LogP contribution in [0.3, 0.4) is 0 Å². The summed E-state index contributed by atoms with van der Waals surface area (Å²) in [6, 6.07) is 28.0. The molecule has 3 aromatic carbocycles. The molecule has 2 aliphatic heterocycles. The molecular formula is C29H30N4O2. The maximum absolute atomic E-state index is 13.1. The SMILES string of the molecule is N#Cc1cccc(-c2ccc([C@H]3[C@@H](CO)N4CCCCN(C(=O)Nc5ccccc5)C[C@H]34)cc2)c1. The zero-order valence-electron chi connectivity index (χ0n) is 19.7. The first kappa shape index (κ1) is 23.1. The van der Waals surface area contributed by atoms with Gasteiger partial charge in [-0.3, -0.25) is 4.90 Å². The largest absolute Gasteiger partial charge is 0.395 e. The second-order valence-corrected chi connectivity index (χ2v) is 9.34. The zero-order valence-corrected chi connectivity index (χ0v) is 19.7. The Kier molecular flexibility index (Phi) is 6.80. The number of aliphatic hydroxyl groups is 1. The molecule has 2 fully saturated rings. The van der Waals surface area contributed by atoms with Gasteiger partial charge in [0.05, 0.1) is 18.2 Å². The first-order valence-corrected chi connectivity index (χ1v) is 12.3. The van der Waals surface area contributed by atoms with Crippen molar-refractivity contribution in [2.75, 3.05) is 31.6 Å². The number of nitrogens with zero attached hydrogens (tertiary/aromatic N) is 3. The highest BCUT2D eigenvalue weighted by Crippen LogP contribution is 2.42. The Morgan fingerprint density at radius 3 is 2.49 bits per heavy atom. The Bertz CT molecular complexity index is 1210. The molecule has 2 saturated heterocycles. The van der Waals surface area contributed by atoms with E-state index in [1.54, 1.807) is 6.07 Å². The molecule has 6 nitrogen and oxygen atoms in total. The molecule has 2 aliphatic rings. The molecule has 0 aliphatic carbocycles. The molecule has 6 heteroatoms. The predicted molar refractivity (Wildman–Crippen MR) is 137 cm³/mol. The van der Waals surface area contributed by atoms with Gasteiger partial charge < -0.3 is 15.3 Å². The normalized spacial score (nSPS) is 22.2. The molecule has 0 aromatic heterocycles. The summed E-state index contributed by atoms with van der Waals surface area (Å²) in [5.74, 6) is 0.157. The lowest BCUT2D eigenvalue weighted by atomic mass is 9.74. The van der Waals surface area contributed by atoms with Crippen molar-refractivity contribution in [3.8, 4) is 17.2 Å². The highest BCUT2D eigenvalue weighted by molar-refractivity contribution is 5.89. The van der Waals surface area contributed by atoms with Crippen LogP contribution in [-0.2, 0) is 0 Å². The molecule has 2 N–H and O–H groups in total. The second-order valence-electron chi connectivity index (χ2n) is 9.34. The van der Waals surface area contributed by atoms with Crippen molar-refractivity contribution in [1.29, 1.82) is 5.26 Å². The summed E-state index contributed by atoms with van der Waals surface area (Å²) in [4.78, 5) is 17.4. The standard InChI is InChI=1S/C29H30N4O2/c30-18-21-7-6-8-24(17-21)22-11-13-23(14-12-22)28-26-19-32(15-4-5-16-33(26)27(28)20-34)29(35)31-25-9-2-1-3-10-25/h1-3,6-14,17,26-28,34H,4-5,15-16,19-20H2,(H,31,35)/t26-,27-,28-/m1/s1. The van der Waals surface area contributed by atoms with Crippen LogP contribution in [0, 0.1) is 11.3 Å². The first-order valence-electron chi connectivity index (χ1n) is 12.3. The number of hydrogen-bond donors (Lipinski definition) is 2. The predicted octanol–water partition coefficient (Wildman–Crippen LogP) is 4.68. The molecule has 0 radical (unpaired) electrons. The van der Waals surface area contributed by atoms with E-state index in [0.29, 0.717) is 12.1 Å². The highest BCUT2D eigenvalue weighted by Gasteiger charge is 2.49. The van der Waals surface area contributed by atoms with Gasteiger partial charge in [0.15, 0.2) is 0 Å². The van der Waals surface area contributed by atoms with Crippen molar-refractivity contribution in [2.24, 2.45) is 0 Å². The third-order valence-corrected chi connectivity index (χ3v) is 7.30. The number of hydrogen-bond acceptors (Lipinski definition) is 4. The lowest BCUT2D eigenvalue weighted by Gasteiger charge is -2.57. The number of anilines is 1. The minimum Gasteiger partial charge on any atom is -0.395 e. The van der Waals surface area contributed by atoms with Crippen LogP contribution in [0.1, 0.15) is 29.9 Å². The van der Waals surface area contributed by atoms with Crippen molar-refractivity contribution < 1.29 is 9.90 Å². The van der Waals surface area contributed by atoms with E-state index in [-0.39, 0.29) is 30.6 Å². The minimum absolute atomic E-state index is 0.0601. The van der Waals surface area contributed by atoms with E-state index < -0.39 is 0 Å². The van der Waals surface area contributed by atoms with Crippen LogP contribution in [0.15, 0.2) is 78.9 Å². The molecule has 0 bridgehead atoms. The van der Waals surface area contributed by atoms with Crippen molar-refractivity contribution in [2.45, 2.75) is 30.8 Å². The van der Waals surface area contributed by atoms with Gasteiger partial charge in [-0.15, -0.1) is 0 Å². The lowest BCUT2D eigenvalue weighted by molar-refractivity contribution is -0.0585. The molecule has 5 rings (SSSR count). The summed E-state index contributed by atoms with van der Waals surface area (Å²) in [5.41, 5.74) is 4.69. The number of fused-ring (bicyclic) bond motifs is 1.